The lowest BCUT2D eigenvalue weighted by molar-refractivity contribution is -0.167. The van der Waals surface area contributed by atoms with Crippen LogP contribution in [-0.4, -0.2) is 24.7 Å². The van der Waals surface area contributed by atoms with Crippen molar-refractivity contribution < 1.29 is 31.9 Å². The Balaban J connectivity index is 2.69. The Labute approximate surface area is 145 Å². The summed E-state index contributed by atoms with van der Waals surface area (Å²) in [6.07, 6.45) is -2.25. The Morgan fingerprint density at radius 1 is 1.31 bits per heavy atom. The first-order chi connectivity index (χ1) is 12.2. The summed E-state index contributed by atoms with van der Waals surface area (Å²) in [6.45, 7) is 3.19. The summed E-state index contributed by atoms with van der Waals surface area (Å²) in [5, 5.41) is 1.77. The highest BCUT2D eigenvalue weighted by molar-refractivity contribution is 6.01. The summed E-state index contributed by atoms with van der Waals surface area (Å²) in [6, 6.07) is 3.30. The number of carbonyl (C=O) groups excluding carboxylic acids is 2. The lowest BCUT2D eigenvalue weighted by Crippen LogP contribution is -2.30. The van der Waals surface area contributed by atoms with Crippen molar-refractivity contribution in [1.82, 2.24) is 0 Å². The number of esters is 1. The minimum atomic E-state index is -5.09. The molecule has 6 nitrogen and oxygen atoms in total. The van der Waals surface area contributed by atoms with Crippen molar-refractivity contribution >= 4 is 34.6 Å². The zero-order chi connectivity index (χ0) is 19.5. The molecule has 2 aromatic rings. The summed E-state index contributed by atoms with van der Waals surface area (Å²) in [5.74, 6) is -3.46. The molecule has 0 aliphatic carbocycles. The van der Waals surface area contributed by atoms with Gasteiger partial charge in [0.25, 0.3) is 0 Å². The molecule has 1 amide bonds. The molecule has 1 heterocycles. The molecule has 0 spiro atoms. The molecule has 0 aliphatic rings. The van der Waals surface area contributed by atoms with Crippen molar-refractivity contribution in [2.75, 3.05) is 11.9 Å². The van der Waals surface area contributed by atoms with Gasteiger partial charge in [-0.25, -0.2) is 4.79 Å². The monoisotopic (exact) mass is 369 g/mol. The number of benzene rings is 1. The van der Waals surface area contributed by atoms with E-state index in [1.54, 1.807) is 19.2 Å². The first-order valence-corrected chi connectivity index (χ1v) is 7.47. The molecule has 0 bridgehead atoms. The van der Waals surface area contributed by atoms with Gasteiger partial charge in [-0.15, -0.1) is 0 Å². The zero-order valence-corrected chi connectivity index (χ0v) is 13.8. The number of hydrogen-bond donors (Lipinski definition) is 1. The van der Waals surface area contributed by atoms with E-state index >= 15 is 0 Å². The number of hydrogen-bond acceptors (Lipinski definition) is 5. The van der Waals surface area contributed by atoms with E-state index in [1.807, 2.05) is 0 Å². The van der Waals surface area contributed by atoms with Crippen molar-refractivity contribution in [3.8, 4) is 0 Å². The third kappa shape index (κ3) is 3.93. The highest BCUT2D eigenvalue weighted by atomic mass is 19.4. The Morgan fingerprint density at radius 3 is 2.58 bits per heavy atom. The lowest BCUT2D eigenvalue weighted by Gasteiger charge is -2.12. The van der Waals surface area contributed by atoms with E-state index in [-0.39, 0.29) is 28.8 Å². The van der Waals surface area contributed by atoms with Crippen LogP contribution < -0.4 is 10.7 Å². The maximum absolute atomic E-state index is 12.5. The topological polar surface area (TPSA) is 85.6 Å². The Bertz CT molecular complexity index is 944. The van der Waals surface area contributed by atoms with Gasteiger partial charge in [-0.3, -0.25) is 9.59 Å². The van der Waals surface area contributed by atoms with Gasteiger partial charge >= 0.3 is 18.1 Å². The molecule has 0 saturated heterocycles. The van der Waals surface area contributed by atoms with Crippen molar-refractivity contribution in [1.29, 1.82) is 0 Å². The van der Waals surface area contributed by atoms with Gasteiger partial charge in [0.15, 0.2) is 5.43 Å². The largest absolute Gasteiger partial charge is 0.471 e. The molecule has 0 saturated carbocycles. The number of amides is 1. The van der Waals surface area contributed by atoms with E-state index in [1.165, 1.54) is 18.2 Å². The van der Waals surface area contributed by atoms with E-state index < -0.39 is 29.2 Å². The quantitative estimate of drug-likeness (QED) is 0.834. The molecule has 0 aliphatic heterocycles. The fourth-order valence-electron chi connectivity index (χ4n) is 2.18. The summed E-state index contributed by atoms with van der Waals surface area (Å²) < 4.78 is 47.7. The normalized spacial score (nSPS) is 11.7. The summed E-state index contributed by atoms with van der Waals surface area (Å²) >= 11 is 0. The van der Waals surface area contributed by atoms with Gasteiger partial charge in [-0.05, 0) is 26.0 Å². The smallest absolute Gasteiger partial charge is 0.460 e. The number of anilines is 1. The second-order valence-corrected chi connectivity index (χ2v) is 5.05. The van der Waals surface area contributed by atoms with Gasteiger partial charge in [0, 0.05) is 11.6 Å². The van der Waals surface area contributed by atoms with E-state index in [0.29, 0.717) is 0 Å². The van der Waals surface area contributed by atoms with E-state index in [4.69, 9.17) is 9.15 Å². The summed E-state index contributed by atoms with van der Waals surface area (Å²) in [5.41, 5.74) is -0.916. The molecule has 0 radical (unpaired) electrons. The van der Waals surface area contributed by atoms with Crippen LogP contribution in [0.3, 0.4) is 0 Å². The molecule has 9 heteroatoms. The van der Waals surface area contributed by atoms with Crippen molar-refractivity contribution in [3.05, 3.63) is 45.8 Å². The second kappa shape index (κ2) is 7.42. The zero-order valence-electron chi connectivity index (χ0n) is 13.8. The van der Waals surface area contributed by atoms with Crippen LogP contribution in [0.2, 0.25) is 0 Å². The highest BCUT2D eigenvalue weighted by Gasteiger charge is 2.39. The van der Waals surface area contributed by atoms with Crippen LogP contribution in [0.1, 0.15) is 30.0 Å². The molecular weight excluding hydrogens is 355 g/mol. The maximum Gasteiger partial charge on any atom is 0.471 e. The molecule has 1 aromatic carbocycles. The van der Waals surface area contributed by atoms with Crippen LogP contribution in [0.15, 0.2) is 33.5 Å². The average Bonchev–Trinajstić information content (AvgIpc) is 2.56. The number of alkyl halides is 3. The Morgan fingerprint density at radius 2 is 2.00 bits per heavy atom. The van der Waals surface area contributed by atoms with Gasteiger partial charge in [0.1, 0.15) is 5.58 Å². The molecular formula is C17H14F3NO5. The fourth-order valence-corrected chi connectivity index (χ4v) is 2.18. The molecule has 0 fully saturated rings. The third-order valence-electron chi connectivity index (χ3n) is 3.25. The van der Waals surface area contributed by atoms with Gasteiger partial charge < -0.3 is 14.5 Å². The van der Waals surface area contributed by atoms with Crippen LogP contribution in [0.5, 0.6) is 0 Å². The molecule has 0 atom stereocenters. The fraction of sp³-hybridized carbons (Fsp3) is 0.235. The highest BCUT2D eigenvalue weighted by Crippen LogP contribution is 2.29. The first kappa shape index (κ1) is 19.2. The SMILES string of the molecule is CC=Cc1c(NC(=O)C(F)(F)F)ccc2c(=O)cc(C(=O)OCC)oc12. The lowest BCUT2D eigenvalue weighted by atomic mass is 10.1. The van der Waals surface area contributed by atoms with Gasteiger partial charge in [-0.1, -0.05) is 12.2 Å². The first-order valence-electron chi connectivity index (χ1n) is 7.47. The molecule has 0 unspecified atom stereocenters. The predicted octanol–water partition coefficient (Wildman–Crippen LogP) is 3.50. The van der Waals surface area contributed by atoms with Crippen LogP contribution in [0, 0.1) is 0 Å². The second-order valence-electron chi connectivity index (χ2n) is 5.05. The molecule has 26 heavy (non-hydrogen) atoms. The number of allylic oxidation sites excluding steroid dienone is 1. The van der Waals surface area contributed by atoms with Gasteiger partial charge in [-0.2, -0.15) is 13.2 Å². The number of carbonyl (C=O) groups is 2. The molecule has 2 rings (SSSR count). The van der Waals surface area contributed by atoms with E-state index in [0.717, 1.165) is 12.1 Å². The van der Waals surface area contributed by atoms with Crippen LogP contribution in [-0.2, 0) is 9.53 Å². The Kier molecular flexibility index (Phi) is 5.49. The Hall–Kier alpha value is -3.10. The molecule has 138 valence electrons. The van der Waals surface area contributed by atoms with Gasteiger partial charge in [0.2, 0.25) is 5.76 Å². The summed E-state index contributed by atoms with van der Waals surface area (Å²) in [7, 11) is 0. The molecule has 1 N–H and O–H groups in total. The van der Waals surface area contributed by atoms with Crippen LogP contribution in [0.4, 0.5) is 18.9 Å². The van der Waals surface area contributed by atoms with Crippen molar-refractivity contribution in [3.63, 3.8) is 0 Å². The van der Waals surface area contributed by atoms with Crippen LogP contribution >= 0.6 is 0 Å². The average molecular weight is 369 g/mol. The van der Waals surface area contributed by atoms with E-state index in [9.17, 15) is 27.6 Å². The minimum absolute atomic E-state index is 0.0193. The minimum Gasteiger partial charge on any atom is -0.460 e. The number of rotatable bonds is 4. The third-order valence-corrected chi connectivity index (χ3v) is 3.25. The number of fused-ring (bicyclic) bond motifs is 1. The van der Waals surface area contributed by atoms with Crippen molar-refractivity contribution in [2.45, 2.75) is 20.0 Å². The van der Waals surface area contributed by atoms with Crippen molar-refractivity contribution in [2.24, 2.45) is 0 Å². The molecule has 1 aromatic heterocycles. The number of nitrogens with one attached hydrogen (secondary N) is 1. The standard InChI is InChI=1S/C17H14F3NO5/c1-3-5-9-11(21-16(24)17(18,19)20)7-6-10-12(22)8-13(26-14(9)10)15(23)25-4-2/h3,5-8H,4H2,1-2H3,(H,21,24). The van der Waals surface area contributed by atoms with E-state index in [2.05, 4.69) is 0 Å². The number of ether oxygens (including phenoxy) is 1. The van der Waals surface area contributed by atoms with Gasteiger partial charge in [0.05, 0.1) is 17.7 Å². The number of halogens is 3. The predicted molar refractivity (Wildman–Crippen MR) is 87.8 cm³/mol. The van der Waals surface area contributed by atoms with Crippen LogP contribution in [0.25, 0.3) is 17.0 Å². The summed E-state index contributed by atoms with van der Waals surface area (Å²) in [4.78, 5) is 35.2. The maximum atomic E-state index is 12.5.